The Hall–Kier alpha value is -1.49. The third-order valence-electron chi connectivity index (χ3n) is 1.68. The summed E-state index contributed by atoms with van der Waals surface area (Å²) in [6.45, 7) is 0.513. The van der Waals surface area contributed by atoms with Crippen molar-refractivity contribution in [1.29, 1.82) is 0 Å². The molecule has 4 nitrogen and oxygen atoms in total. The first-order valence-corrected chi connectivity index (χ1v) is 6.38. The maximum absolute atomic E-state index is 10.9. The lowest BCUT2D eigenvalue weighted by atomic mass is 10.2. The van der Waals surface area contributed by atoms with E-state index in [0.29, 0.717) is 6.54 Å². The zero-order valence-electron chi connectivity index (χ0n) is 8.47. The van der Waals surface area contributed by atoms with Crippen LogP contribution < -0.4 is 11.1 Å². The second-order valence-corrected chi connectivity index (χ2v) is 5.14. The molecule has 0 aromatic heterocycles. The standard InChI is InChI=1S/C10H14N2O2S/c1-15(13,14)8-10(11)12-7-9-5-3-2-4-6-9/h2-6,8,12H,7,11H2,1H3. The first-order chi connectivity index (χ1) is 6.97. The fourth-order valence-electron chi connectivity index (χ4n) is 1.07. The van der Waals surface area contributed by atoms with Crippen LogP contribution in [0.15, 0.2) is 41.6 Å². The van der Waals surface area contributed by atoms with Crippen LogP contribution in [-0.4, -0.2) is 14.7 Å². The van der Waals surface area contributed by atoms with Gasteiger partial charge >= 0.3 is 0 Å². The van der Waals surface area contributed by atoms with Crippen molar-refractivity contribution in [1.82, 2.24) is 5.32 Å². The quantitative estimate of drug-likeness (QED) is 0.787. The minimum Gasteiger partial charge on any atom is -0.385 e. The van der Waals surface area contributed by atoms with Gasteiger partial charge in [-0.2, -0.15) is 0 Å². The summed E-state index contributed by atoms with van der Waals surface area (Å²) in [4.78, 5) is 0. The van der Waals surface area contributed by atoms with E-state index in [9.17, 15) is 8.42 Å². The van der Waals surface area contributed by atoms with Gasteiger partial charge in [0.15, 0.2) is 9.84 Å². The number of rotatable bonds is 4. The molecule has 0 bridgehead atoms. The molecule has 82 valence electrons. The van der Waals surface area contributed by atoms with Crippen LogP contribution in [0.4, 0.5) is 0 Å². The molecular weight excluding hydrogens is 212 g/mol. The van der Waals surface area contributed by atoms with Gasteiger partial charge in [-0.15, -0.1) is 0 Å². The normalized spacial score (nSPS) is 12.5. The van der Waals surface area contributed by atoms with E-state index in [0.717, 1.165) is 17.2 Å². The lowest BCUT2D eigenvalue weighted by Gasteiger charge is -2.05. The largest absolute Gasteiger partial charge is 0.385 e. The average molecular weight is 226 g/mol. The van der Waals surface area contributed by atoms with Crippen LogP contribution in [0.3, 0.4) is 0 Å². The van der Waals surface area contributed by atoms with Gasteiger partial charge in [0.2, 0.25) is 0 Å². The molecular formula is C10H14N2O2S. The highest BCUT2D eigenvalue weighted by molar-refractivity contribution is 7.93. The van der Waals surface area contributed by atoms with Gasteiger partial charge in [0.25, 0.3) is 0 Å². The molecule has 0 unspecified atom stereocenters. The molecule has 0 atom stereocenters. The number of nitrogens with one attached hydrogen (secondary N) is 1. The van der Waals surface area contributed by atoms with E-state index in [4.69, 9.17) is 5.73 Å². The van der Waals surface area contributed by atoms with Crippen LogP contribution >= 0.6 is 0 Å². The SMILES string of the molecule is CS(=O)(=O)C=C(N)NCc1ccccc1. The van der Waals surface area contributed by atoms with Gasteiger partial charge in [0, 0.05) is 12.8 Å². The summed E-state index contributed by atoms with van der Waals surface area (Å²) in [6.07, 6.45) is 1.10. The molecule has 0 radical (unpaired) electrons. The van der Waals surface area contributed by atoms with Crippen LogP contribution in [0.1, 0.15) is 5.56 Å². The van der Waals surface area contributed by atoms with Gasteiger partial charge in [-0.3, -0.25) is 0 Å². The fraction of sp³-hybridized carbons (Fsp3) is 0.200. The lowest BCUT2D eigenvalue weighted by Crippen LogP contribution is -2.20. The molecule has 1 aromatic rings. The Morgan fingerprint density at radius 2 is 2.00 bits per heavy atom. The second-order valence-electron chi connectivity index (χ2n) is 3.24. The highest BCUT2D eigenvalue weighted by atomic mass is 32.2. The minimum absolute atomic E-state index is 0.154. The van der Waals surface area contributed by atoms with E-state index in [1.165, 1.54) is 0 Å². The molecule has 0 aliphatic heterocycles. The highest BCUT2D eigenvalue weighted by Crippen LogP contribution is 1.98. The monoisotopic (exact) mass is 226 g/mol. The van der Waals surface area contributed by atoms with E-state index >= 15 is 0 Å². The van der Waals surface area contributed by atoms with Crippen molar-refractivity contribution in [3.8, 4) is 0 Å². The number of benzene rings is 1. The van der Waals surface area contributed by atoms with Gasteiger partial charge in [-0.1, -0.05) is 30.3 Å². The first kappa shape index (κ1) is 11.6. The molecule has 0 saturated heterocycles. The number of hydrogen-bond donors (Lipinski definition) is 2. The van der Waals surface area contributed by atoms with Crippen molar-refractivity contribution in [3.05, 3.63) is 47.1 Å². The van der Waals surface area contributed by atoms with Crippen molar-refractivity contribution in [3.63, 3.8) is 0 Å². The number of hydrogen-bond acceptors (Lipinski definition) is 4. The summed E-state index contributed by atoms with van der Waals surface area (Å²) in [5, 5.41) is 3.83. The smallest absolute Gasteiger partial charge is 0.172 e. The second kappa shape index (κ2) is 4.84. The van der Waals surface area contributed by atoms with Crippen molar-refractivity contribution in [2.45, 2.75) is 6.54 Å². The Bertz CT molecular complexity index is 438. The van der Waals surface area contributed by atoms with Crippen molar-refractivity contribution in [2.24, 2.45) is 5.73 Å². The van der Waals surface area contributed by atoms with Crippen LogP contribution in [0.5, 0.6) is 0 Å². The maximum Gasteiger partial charge on any atom is 0.172 e. The Morgan fingerprint density at radius 1 is 1.40 bits per heavy atom. The molecule has 0 amide bonds. The molecule has 3 N–H and O–H groups in total. The van der Waals surface area contributed by atoms with E-state index in [1.807, 2.05) is 30.3 Å². The van der Waals surface area contributed by atoms with Crippen molar-refractivity contribution in [2.75, 3.05) is 6.26 Å². The highest BCUT2D eigenvalue weighted by Gasteiger charge is 1.98. The molecule has 15 heavy (non-hydrogen) atoms. The molecule has 1 aromatic carbocycles. The summed E-state index contributed by atoms with van der Waals surface area (Å²) in [7, 11) is -3.18. The molecule has 0 spiro atoms. The first-order valence-electron chi connectivity index (χ1n) is 4.42. The summed E-state index contributed by atoms with van der Waals surface area (Å²) in [6, 6.07) is 9.60. The summed E-state index contributed by atoms with van der Waals surface area (Å²) < 4.78 is 21.7. The fourth-order valence-corrected chi connectivity index (χ4v) is 1.62. The predicted octanol–water partition coefficient (Wildman–Crippen LogP) is 0.578. The Balaban J connectivity index is 2.56. The number of nitrogens with two attached hydrogens (primary N) is 1. The molecule has 0 saturated carbocycles. The van der Waals surface area contributed by atoms with Crippen LogP contribution in [-0.2, 0) is 16.4 Å². The molecule has 0 heterocycles. The third-order valence-corrected chi connectivity index (χ3v) is 2.36. The van der Waals surface area contributed by atoms with Gasteiger partial charge in [0.1, 0.15) is 5.82 Å². The van der Waals surface area contributed by atoms with Gasteiger partial charge in [-0.05, 0) is 5.56 Å². The average Bonchev–Trinajstić information content (AvgIpc) is 2.14. The van der Waals surface area contributed by atoms with Crippen LogP contribution in [0.2, 0.25) is 0 Å². The Kier molecular flexibility index (Phi) is 3.74. The zero-order valence-corrected chi connectivity index (χ0v) is 9.29. The molecule has 0 aliphatic rings. The summed E-state index contributed by atoms with van der Waals surface area (Å²) in [5.41, 5.74) is 6.52. The topological polar surface area (TPSA) is 72.2 Å². The van der Waals surface area contributed by atoms with E-state index in [2.05, 4.69) is 5.32 Å². The summed E-state index contributed by atoms with van der Waals surface area (Å²) in [5.74, 6) is 0.154. The minimum atomic E-state index is -3.18. The van der Waals surface area contributed by atoms with E-state index in [-0.39, 0.29) is 5.82 Å². The van der Waals surface area contributed by atoms with Crippen molar-refractivity contribution >= 4 is 9.84 Å². The third kappa shape index (κ3) is 5.07. The van der Waals surface area contributed by atoms with E-state index in [1.54, 1.807) is 0 Å². The molecule has 0 aliphatic carbocycles. The Morgan fingerprint density at radius 3 is 2.53 bits per heavy atom. The predicted molar refractivity (Wildman–Crippen MR) is 60.4 cm³/mol. The van der Waals surface area contributed by atoms with Crippen molar-refractivity contribution < 1.29 is 8.42 Å². The van der Waals surface area contributed by atoms with Crippen LogP contribution in [0, 0.1) is 0 Å². The summed E-state index contributed by atoms with van der Waals surface area (Å²) >= 11 is 0. The van der Waals surface area contributed by atoms with Gasteiger partial charge in [-0.25, -0.2) is 8.42 Å². The van der Waals surface area contributed by atoms with Gasteiger partial charge < -0.3 is 11.1 Å². The van der Waals surface area contributed by atoms with Crippen LogP contribution in [0.25, 0.3) is 0 Å². The van der Waals surface area contributed by atoms with Gasteiger partial charge in [0.05, 0.1) is 5.41 Å². The molecule has 5 heteroatoms. The van der Waals surface area contributed by atoms with E-state index < -0.39 is 9.84 Å². The molecule has 1 rings (SSSR count). The molecule has 0 fully saturated rings. The number of sulfone groups is 1. The lowest BCUT2D eigenvalue weighted by molar-refractivity contribution is 0.609. The zero-order chi connectivity index (χ0) is 11.3. The Labute approximate surface area is 89.7 Å². The maximum atomic E-state index is 10.9.